The van der Waals surface area contributed by atoms with E-state index < -0.39 is 0 Å². The van der Waals surface area contributed by atoms with Crippen LogP contribution in [0.1, 0.15) is 28.3 Å². The molecule has 2 nitrogen and oxygen atoms in total. The fraction of sp³-hybridized carbons (Fsp3) is 0.333. The Kier molecular flexibility index (Phi) is 4.97. The Balaban J connectivity index is 2.22. The first-order chi connectivity index (χ1) is 10.0. The summed E-state index contributed by atoms with van der Waals surface area (Å²) in [6.07, 6.45) is 0.736. The average molecular weight is 287 g/mol. The van der Waals surface area contributed by atoms with Crippen molar-refractivity contribution in [3.63, 3.8) is 0 Å². The fourth-order valence-corrected chi connectivity index (χ4v) is 2.44. The smallest absolute Gasteiger partial charge is 0.165 e. The van der Waals surface area contributed by atoms with Gasteiger partial charge < -0.3 is 10.1 Å². The summed E-state index contributed by atoms with van der Waals surface area (Å²) in [5.74, 6) is -0.0316. The van der Waals surface area contributed by atoms with E-state index in [1.54, 1.807) is 12.1 Å². The van der Waals surface area contributed by atoms with Gasteiger partial charge >= 0.3 is 0 Å². The van der Waals surface area contributed by atoms with Gasteiger partial charge in [-0.2, -0.15) is 0 Å². The second-order valence-corrected chi connectivity index (χ2v) is 5.36. The van der Waals surface area contributed by atoms with Crippen LogP contribution in [0.4, 0.5) is 4.39 Å². The summed E-state index contributed by atoms with van der Waals surface area (Å²) in [6.45, 7) is 4.21. The summed E-state index contributed by atoms with van der Waals surface area (Å²) in [4.78, 5) is 0. The van der Waals surface area contributed by atoms with Gasteiger partial charge in [-0.3, -0.25) is 0 Å². The van der Waals surface area contributed by atoms with Crippen molar-refractivity contribution in [2.24, 2.45) is 0 Å². The van der Waals surface area contributed by atoms with Crippen molar-refractivity contribution in [3.05, 3.63) is 64.5 Å². The van der Waals surface area contributed by atoms with Gasteiger partial charge in [0.2, 0.25) is 0 Å². The van der Waals surface area contributed by atoms with Crippen LogP contribution in [0.25, 0.3) is 0 Å². The predicted octanol–water partition coefficient (Wildman–Crippen LogP) is 3.95. The van der Waals surface area contributed by atoms with Crippen molar-refractivity contribution < 1.29 is 9.13 Å². The molecule has 112 valence electrons. The molecule has 2 rings (SSSR count). The van der Waals surface area contributed by atoms with E-state index in [4.69, 9.17) is 4.74 Å². The highest BCUT2D eigenvalue weighted by Gasteiger charge is 2.12. The number of benzene rings is 2. The third kappa shape index (κ3) is 3.61. The molecule has 21 heavy (non-hydrogen) atoms. The van der Waals surface area contributed by atoms with Crippen molar-refractivity contribution in [2.45, 2.75) is 26.3 Å². The number of nitrogens with one attached hydrogen (secondary N) is 1. The van der Waals surface area contributed by atoms with Crippen LogP contribution in [0.5, 0.6) is 5.75 Å². The van der Waals surface area contributed by atoms with E-state index in [1.807, 2.05) is 13.1 Å². The summed E-state index contributed by atoms with van der Waals surface area (Å²) < 4.78 is 18.7. The van der Waals surface area contributed by atoms with Crippen molar-refractivity contribution in [1.29, 1.82) is 0 Å². The highest BCUT2D eigenvalue weighted by Crippen LogP contribution is 2.24. The van der Waals surface area contributed by atoms with E-state index >= 15 is 0 Å². The monoisotopic (exact) mass is 287 g/mol. The molecule has 0 aliphatic heterocycles. The molecule has 0 bridgehead atoms. The van der Waals surface area contributed by atoms with Gasteiger partial charge in [-0.25, -0.2) is 4.39 Å². The van der Waals surface area contributed by atoms with Crippen LogP contribution in [0.3, 0.4) is 0 Å². The lowest BCUT2D eigenvalue weighted by Crippen LogP contribution is -2.19. The maximum atomic E-state index is 13.8. The Bertz CT molecular complexity index is 625. The molecule has 0 saturated heterocycles. The quantitative estimate of drug-likeness (QED) is 0.899. The van der Waals surface area contributed by atoms with Crippen LogP contribution in [0, 0.1) is 19.7 Å². The van der Waals surface area contributed by atoms with Gasteiger partial charge in [0.15, 0.2) is 11.6 Å². The Morgan fingerprint density at radius 2 is 1.86 bits per heavy atom. The molecule has 0 aliphatic carbocycles. The molecule has 0 spiro atoms. The molecule has 0 heterocycles. The first-order valence-corrected chi connectivity index (χ1v) is 7.12. The fourth-order valence-electron chi connectivity index (χ4n) is 2.44. The molecule has 2 aromatic rings. The van der Waals surface area contributed by atoms with E-state index in [0.29, 0.717) is 0 Å². The highest BCUT2D eigenvalue weighted by molar-refractivity contribution is 5.34. The zero-order valence-electron chi connectivity index (χ0n) is 13.0. The summed E-state index contributed by atoms with van der Waals surface area (Å²) >= 11 is 0. The summed E-state index contributed by atoms with van der Waals surface area (Å²) in [5.41, 5.74) is 4.72. The number of rotatable bonds is 5. The minimum absolute atomic E-state index is 0.164. The number of halogens is 1. The highest BCUT2D eigenvalue weighted by atomic mass is 19.1. The van der Waals surface area contributed by atoms with Gasteiger partial charge in [0.05, 0.1) is 7.11 Å². The second-order valence-electron chi connectivity index (χ2n) is 5.36. The Hall–Kier alpha value is -1.87. The van der Waals surface area contributed by atoms with Crippen LogP contribution < -0.4 is 10.1 Å². The molecule has 1 atom stereocenters. The number of aryl methyl sites for hydroxylation is 2. The lowest BCUT2D eigenvalue weighted by Gasteiger charge is -2.18. The first-order valence-electron chi connectivity index (χ1n) is 7.12. The van der Waals surface area contributed by atoms with Crippen molar-refractivity contribution in [2.75, 3.05) is 14.2 Å². The Morgan fingerprint density at radius 3 is 2.43 bits per heavy atom. The molecule has 1 N–H and O–H groups in total. The average Bonchev–Trinajstić information content (AvgIpc) is 2.48. The normalized spacial score (nSPS) is 12.2. The summed E-state index contributed by atoms with van der Waals surface area (Å²) in [7, 11) is 3.41. The molecule has 2 aromatic carbocycles. The molecule has 1 unspecified atom stereocenters. The molecule has 0 aromatic heterocycles. The second kappa shape index (κ2) is 6.72. The molecule has 0 radical (unpaired) electrons. The van der Waals surface area contributed by atoms with Crippen molar-refractivity contribution >= 4 is 0 Å². The van der Waals surface area contributed by atoms with Gasteiger partial charge in [-0.05, 0) is 61.7 Å². The van der Waals surface area contributed by atoms with Gasteiger partial charge in [-0.15, -0.1) is 0 Å². The van der Waals surface area contributed by atoms with E-state index in [1.165, 1.54) is 23.8 Å². The van der Waals surface area contributed by atoms with Gasteiger partial charge in [0.1, 0.15) is 0 Å². The van der Waals surface area contributed by atoms with E-state index in [0.717, 1.165) is 12.0 Å². The number of likely N-dealkylation sites (N-methyl/N-ethyl adjacent to an activating group) is 1. The molecule has 0 aliphatic rings. The molecular formula is C18H22FNO. The number of methoxy groups -OCH3 is 1. The zero-order chi connectivity index (χ0) is 15.4. The van der Waals surface area contributed by atoms with E-state index in [2.05, 4.69) is 37.4 Å². The third-order valence-corrected chi connectivity index (χ3v) is 3.94. The molecule has 0 amide bonds. The SMILES string of the molecule is CNC(Cc1ccc(OC)c(F)c1)c1ccc(C)c(C)c1. The third-order valence-electron chi connectivity index (χ3n) is 3.94. The Morgan fingerprint density at radius 1 is 1.10 bits per heavy atom. The lowest BCUT2D eigenvalue weighted by atomic mass is 9.96. The largest absolute Gasteiger partial charge is 0.494 e. The lowest BCUT2D eigenvalue weighted by molar-refractivity contribution is 0.386. The summed E-state index contributed by atoms with van der Waals surface area (Å²) in [5, 5.41) is 3.31. The van der Waals surface area contributed by atoms with E-state index in [-0.39, 0.29) is 17.6 Å². The number of hydrogen-bond donors (Lipinski definition) is 1. The van der Waals surface area contributed by atoms with Crippen molar-refractivity contribution in [3.8, 4) is 5.75 Å². The summed E-state index contributed by atoms with van der Waals surface area (Å²) in [6, 6.07) is 11.7. The number of hydrogen-bond acceptors (Lipinski definition) is 2. The van der Waals surface area contributed by atoms with Crippen LogP contribution in [-0.4, -0.2) is 14.2 Å². The van der Waals surface area contributed by atoms with Gasteiger partial charge in [0, 0.05) is 6.04 Å². The number of ether oxygens (including phenoxy) is 1. The zero-order valence-corrected chi connectivity index (χ0v) is 13.0. The van der Waals surface area contributed by atoms with Crippen LogP contribution in [-0.2, 0) is 6.42 Å². The molecular weight excluding hydrogens is 265 g/mol. The van der Waals surface area contributed by atoms with Crippen LogP contribution >= 0.6 is 0 Å². The minimum atomic E-state index is -0.315. The molecule has 0 saturated carbocycles. The first kappa shape index (κ1) is 15.5. The molecule has 3 heteroatoms. The maximum Gasteiger partial charge on any atom is 0.165 e. The van der Waals surface area contributed by atoms with Gasteiger partial charge in [-0.1, -0.05) is 24.3 Å². The van der Waals surface area contributed by atoms with Crippen LogP contribution in [0.2, 0.25) is 0 Å². The standard InChI is InChI=1S/C18H22FNO/c1-12-5-7-15(9-13(12)2)17(20-3)11-14-6-8-18(21-4)16(19)10-14/h5-10,17,20H,11H2,1-4H3. The predicted molar refractivity (Wildman–Crippen MR) is 84.4 cm³/mol. The van der Waals surface area contributed by atoms with Gasteiger partial charge in [0.25, 0.3) is 0 Å². The minimum Gasteiger partial charge on any atom is -0.494 e. The molecule has 0 fully saturated rings. The van der Waals surface area contributed by atoms with Crippen LogP contribution in [0.15, 0.2) is 36.4 Å². The topological polar surface area (TPSA) is 21.3 Å². The van der Waals surface area contributed by atoms with E-state index in [9.17, 15) is 4.39 Å². The Labute approximate surface area is 126 Å². The van der Waals surface area contributed by atoms with Crippen molar-refractivity contribution in [1.82, 2.24) is 5.32 Å². The maximum absolute atomic E-state index is 13.8.